The lowest BCUT2D eigenvalue weighted by Crippen LogP contribution is -2.02. The minimum atomic E-state index is -0.307. The Morgan fingerprint density at radius 2 is 2.45 bits per heavy atom. The Kier molecular flexibility index (Phi) is 2.90. The Morgan fingerprint density at radius 1 is 1.73 bits per heavy atom. The minimum Gasteiger partial charge on any atom is -0.393 e. The lowest BCUT2D eigenvalue weighted by atomic mass is 10.5. The average Bonchev–Trinajstić information content (AvgIpc) is 2.31. The number of nitrogens with one attached hydrogen (secondary N) is 1. The predicted octanol–water partition coefficient (Wildman–Crippen LogP) is 0.586. The first-order valence-electron chi connectivity index (χ1n) is 3.38. The van der Waals surface area contributed by atoms with E-state index < -0.39 is 0 Å². The molecule has 5 heteroatoms. The van der Waals surface area contributed by atoms with Gasteiger partial charge in [0, 0.05) is 5.75 Å². The second kappa shape index (κ2) is 3.73. The summed E-state index contributed by atoms with van der Waals surface area (Å²) >= 11 is 1.45. The standard InChI is InChI=1S/C6H11N3OS/c1-4(10)3-11-6-7-5(2)8-9-6/h4,10H,3H2,1-2H3,(H,7,8,9)/t4-/m1/s1. The number of nitrogens with zero attached hydrogens (tertiary/aromatic N) is 2. The largest absolute Gasteiger partial charge is 0.393 e. The predicted molar refractivity (Wildman–Crippen MR) is 43.5 cm³/mol. The van der Waals surface area contributed by atoms with Crippen molar-refractivity contribution in [3.05, 3.63) is 5.82 Å². The van der Waals surface area contributed by atoms with Gasteiger partial charge in [-0.15, -0.1) is 5.10 Å². The summed E-state index contributed by atoms with van der Waals surface area (Å²) in [6, 6.07) is 0. The van der Waals surface area contributed by atoms with Crippen LogP contribution in [0.2, 0.25) is 0 Å². The van der Waals surface area contributed by atoms with E-state index in [2.05, 4.69) is 15.2 Å². The molecule has 1 aromatic rings. The molecule has 62 valence electrons. The van der Waals surface area contributed by atoms with Gasteiger partial charge in [0.25, 0.3) is 0 Å². The number of aryl methyl sites for hydroxylation is 1. The molecule has 2 N–H and O–H groups in total. The fourth-order valence-electron chi connectivity index (χ4n) is 0.582. The molecule has 0 aliphatic carbocycles. The van der Waals surface area contributed by atoms with E-state index in [1.165, 1.54) is 11.8 Å². The van der Waals surface area contributed by atoms with Crippen LogP contribution < -0.4 is 0 Å². The van der Waals surface area contributed by atoms with Crippen molar-refractivity contribution in [2.24, 2.45) is 0 Å². The number of aromatic amines is 1. The summed E-state index contributed by atoms with van der Waals surface area (Å²) in [5.41, 5.74) is 0. The number of aliphatic hydroxyl groups excluding tert-OH is 1. The number of aliphatic hydroxyl groups is 1. The number of thioether (sulfide) groups is 1. The Morgan fingerprint density at radius 3 is 2.91 bits per heavy atom. The molecular weight excluding hydrogens is 162 g/mol. The van der Waals surface area contributed by atoms with E-state index in [9.17, 15) is 0 Å². The SMILES string of the molecule is Cc1nc(SC[C@@H](C)O)n[nH]1. The van der Waals surface area contributed by atoms with Gasteiger partial charge in [-0.2, -0.15) is 0 Å². The first-order chi connectivity index (χ1) is 5.18. The summed E-state index contributed by atoms with van der Waals surface area (Å²) in [6.45, 7) is 3.59. The van der Waals surface area contributed by atoms with E-state index in [1.54, 1.807) is 6.92 Å². The fraction of sp³-hybridized carbons (Fsp3) is 0.667. The van der Waals surface area contributed by atoms with Gasteiger partial charge < -0.3 is 5.11 Å². The van der Waals surface area contributed by atoms with Crippen LogP contribution in [0.1, 0.15) is 12.7 Å². The molecule has 1 rings (SSSR count). The van der Waals surface area contributed by atoms with Gasteiger partial charge in [-0.05, 0) is 13.8 Å². The summed E-state index contributed by atoms with van der Waals surface area (Å²) in [7, 11) is 0. The van der Waals surface area contributed by atoms with Crippen LogP contribution in [0.5, 0.6) is 0 Å². The minimum absolute atomic E-state index is 0.307. The third-order valence-electron chi connectivity index (χ3n) is 1.03. The molecule has 0 bridgehead atoms. The number of hydrogen-bond donors (Lipinski definition) is 2. The normalized spacial score (nSPS) is 13.4. The lowest BCUT2D eigenvalue weighted by Gasteiger charge is -1.98. The van der Waals surface area contributed by atoms with Crippen molar-refractivity contribution >= 4 is 11.8 Å². The van der Waals surface area contributed by atoms with Crippen LogP contribution in [0.25, 0.3) is 0 Å². The van der Waals surface area contributed by atoms with E-state index >= 15 is 0 Å². The van der Waals surface area contributed by atoms with Crippen molar-refractivity contribution in [1.82, 2.24) is 15.2 Å². The van der Waals surface area contributed by atoms with Gasteiger partial charge in [0.2, 0.25) is 5.16 Å². The molecule has 0 amide bonds. The lowest BCUT2D eigenvalue weighted by molar-refractivity contribution is 0.220. The monoisotopic (exact) mass is 173 g/mol. The van der Waals surface area contributed by atoms with Gasteiger partial charge in [0.15, 0.2) is 0 Å². The zero-order valence-corrected chi connectivity index (χ0v) is 7.35. The van der Waals surface area contributed by atoms with E-state index in [0.717, 1.165) is 5.82 Å². The molecule has 1 heterocycles. The smallest absolute Gasteiger partial charge is 0.208 e. The van der Waals surface area contributed by atoms with Gasteiger partial charge in [0.05, 0.1) is 6.10 Å². The van der Waals surface area contributed by atoms with Crippen LogP contribution in [0, 0.1) is 6.92 Å². The van der Waals surface area contributed by atoms with Crippen molar-refractivity contribution in [1.29, 1.82) is 0 Å². The van der Waals surface area contributed by atoms with Gasteiger partial charge in [0.1, 0.15) is 5.82 Å². The van der Waals surface area contributed by atoms with Crippen LogP contribution in [0.15, 0.2) is 5.16 Å². The Labute approximate surface area is 69.4 Å². The molecule has 1 atom stereocenters. The molecule has 0 unspecified atom stereocenters. The van der Waals surface area contributed by atoms with Gasteiger partial charge in [-0.3, -0.25) is 5.10 Å². The van der Waals surface area contributed by atoms with Crippen molar-refractivity contribution in [3.8, 4) is 0 Å². The molecule has 0 aliphatic heterocycles. The maximum Gasteiger partial charge on any atom is 0.208 e. The third kappa shape index (κ3) is 2.90. The zero-order valence-electron chi connectivity index (χ0n) is 6.53. The van der Waals surface area contributed by atoms with E-state index in [1.807, 2.05) is 6.92 Å². The number of H-pyrrole nitrogens is 1. The molecular formula is C6H11N3OS. The number of rotatable bonds is 3. The van der Waals surface area contributed by atoms with Crippen LogP contribution in [0.4, 0.5) is 0 Å². The van der Waals surface area contributed by atoms with E-state index in [0.29, 0.717) is 10.9 Å². The van der Waals surface area contributed by atoms with Gasteiger partial charge in [-0.25, -0.2) is 4.98 Å². The summed E-state index contributed by atoms with van der Waals surface area (Å²) in [5.74, 6) is 1.44. The molecule has 1 aromatic heterocycles. The molecule has 0 aromatic carbocycles. The maximum absolute atomic E-state index is 8.93. The molecule has 0 spiro atoms. The average molecular weight is 173 g/mol. The van der Waals surface area contributed by atoms with Crippen LogP contribution in [0.3, 0.4) is 0 Å². The van der Waals surface area contributed by atoms with Crippen molar-refractivity contribution in [2.45, 2.75) is 25.1 Å². The summed E-state index contributed by atoms with van der Waals surface area (Å²) in [4.78, 5) is 4.07. The van der Waals surface area contributed by atoms with Crippen molar-refractivity contribution in [3.63, 3.8) is 0 Å². The van der Waals surface area contributed by atoms with E-state index in [-0.39, 0.29) is 6.10 Å². The summed E-state index contributed by atoms with van der Waals surface area (Å²) < 4.78 is 0. The van der Waals surface area contributed by atoms with Crippen LogP contribution in [-0.2, 0) is 0 Å². The van der Waals surface area contributed by atoms with Gasteiger partial charge in [-0.1, -0.05) is 11.8 Å². The van der Waals surface area contributed by atoms with Crippen molar-refractivity contribution in [2.75, 3.05) is 5.75 Å². The quantitative estimate of drug-likeness (QED) is 0.656. The first kappa shape index (κ1) is 8.55. The second-order valence-corrected chi connectivity index (χ2v) is 3.35. The molecule has 0 fully saturated rings. The highest BCUT2D eigenvalue weighted by molar-refractivity contribution is 7.99. The zero-order chi connectivity index (χ0) is 8.27. The first-order valence-corrected chi connectivity index (χ1v) is 4.37. The maximum atomic E-state index is 8.93. The summed E-state index contributed by atoms with van der Waals surface area (Å²) in [5, 5.41) is 16.3. The molecule has 4 nitrogen and oxygen atoms in total. The highest BCUT2D eigenvalue weighted by Gasteiger charge is 2.02. The Hall–Kier alpha value is -0.550. The van der Waals surface area contributed by atoms with Crippen LogP contribution in [-0.4, -0.2) is 32.1 Å². The van der Waals surface area contributed by atoms with Gasteiger partial charge >= 0.3 is 0 Å². The second-order valence-electron chi connectivity index (χ2n) is 2.36. The topological polar surface area (TPSA) is 61.8 Å². The number of aromatic nitrogens is 3. The highest BCUT2D eigenvalue weighted by atomic mass is 32.2. The van der Waals surface area contributed by atoms with Crippen LogP contribution >= 0.6 is 11.8 Å². The molecule has 0 saturated carbocycles. The summed E-state index contributed by atoms with van der Waals surface area (Å²) in [6.07, 6.45) is -0.307. The molecule has 0 aliphatic rings. The molecule has 11 heavy (non-hydrogen) atoms. The molecule has 0 saturated heterocycles. The molecule has 0 radical (unpaired) electrons. The Bertz CT molecular complexity index is 223. The third-order valence-corrected chi connectivity index (χ3v) is 2.12. The Balaban J connectivity index is 2.39. The number of hydrogen-bond acceptors (Lipinski definition) is 4. The highest BCUT2D eigenvalue weighted by Crippen LogP contribution is 2.12. The fourth-order valence-corrected chi connectivity index (χ4v) is 1.28. The van der Waals surface area contributed by atoms with Crippen molar-refractivity contribution < 1.29 is 5.11 Å². The van der Waals surface area contributed by atoms with E-state index in [4.69, 9.17) is 5.11 Å².